The van der Waals surface area contributed by atoms with E-state index in [0.29, 0.717) is 0 Å². The fraction of sp³-hybridized carbons (Fsp3) is 0.667. The Hall–Kier alpha value is -0.770. The second kappa shape index (κ2) is 5.07. The van der Waals surface area contributed by atoms with Gasteiger partial charge in [-0.1, -0.05) is 37.5 Å². The number of aromatic amines is 1. The molecule has 74 valence electrons. The number of aromatic hydroxyl groups is 1. The average Bonchev–Trinajstić information content (AvgIpc) is 2.39. The van der Waals surface area contributed by atoms with Gasteiger partial charge in [0.15, 0.2) is 0 Å². The molecule has 0 fully saturated rings. The van der Waals surface area contributed by atoms with Crippen molar-refractivity contribution in [1.29, 1.82) is 0 Å². The summed E-state index contributed by atoms with van der Waals surface area (Å²) in [6, 6.07) is 0. The molecular formula is C9H15NO2S. The first-order valence-electron chi connectivity index (χ1n) is 4.65. The molecule has 1 heterocycles. The van der Waals surface area contributed by atoms with Crippen LogP contribution in [0, 0.1) is 0 Å². The first-order valence-corrected chi connectivity index (χ1v) is 5.46. The van der Waals surface area contributed by atoms with Gasteiger partial charge in [-0.05, 0) is 12.8 Å². The van der Waals surface area contributed by atoms with Crippen LogP contribution in [0.4, 0.5) is 0 Å². The van der Waals surface area contributed by atoms with Crippen LogP contribution in [-0.2, 0) is 6.42 Å². The van der Waals surface area contributed by atoms with E-state index < -0.39 is 0 Å². The molecule has 1 rings (SSSR count). The molecule has 0 aromatic carbocycles. The summed E-state index contributed by atoms with van der Waals surface area (Å²) in [6.07, 6.45) is 5.46. The van der Waals surface area contributed by atoms with Gasteiger partial charge >= 0.3 is 4.87 Å². The number of hydrogen-bond acceptors (Lipinski definition) is 3. The summed E-state index contributed by atoms with van der Waals surface area (Å²) < 4.78 is 0. The third kappa shape index (κ3) is 3.22. The largest absolute Gasteiger partial charge is 0.494 e. The summed E-state index contributed by atoms with van der Waals surface area (Å²) in [7, 11) is 0. The van der Waals surface area contributed by atoms with Gasteiger partial charge in [-0.25, -0.2) is 0 Å². The SMILES string of the molecule is CCCCCCc1sc(=O)[nH]c1O. The van der Waals surface area contributed by atoms with Crippen molar-refractivity contribution >= 4 is 11.3 Å². The zero-order valence-electron chi connectivity index (χ0n) is 7.80. The molecule has 1 aromatic rings. The van der Waals surface area contributed by atoms with Crippen molar-refractivity contribution < 1.29 is 5.11 Å². The second-order valence-electron chi connectivity index (χ2n) is 3.10. The van der Waals surface area contributed by atoms with Crippen LogP contribution in [-0.4, -0.2) is 10.1 Å². The van der Waals surface area contributed by atoms with Crippen molar-refractivity contribution in [3.05, 3.63) is 14.5 Å². The number of unbranched alkanes of at least 4 members (excludes halogenated alkanes) is 3. The van der Waals surface area contributed by atoms with Crippen LogP contribution in [0.5, 0.6) is 5.88 Å². The highest BCUT2D eigenvalue weighted by Gasteiger charge is 2.05. The quantitative estimate of drug-likeness (QED) is 0.718. The average molecular weight is 201 g/mol. The fourth-order valence-corrected chi connectivity index (χ4v) is 2.00. The number of H-pyrrole nitrogens is 1. The van der Waals surface area contributed by atoms with E-state index in [-0.39, 0.29) is 10.8 Å². The van der Waals surface area contributed by atoms with Crippen molar-refractivity contribution in [1.82, 2.24) is 4.98 Å². The molecule has 0 amide bonds. The van der Waals surface area contributed by atoms with Crippen LogP contribution >= 0.6 is 11.3 Å². The van der Waals surface area contributed by atoms with Gasteiger partial charge < -0.3 is 5.11 Å². The number of aryl methyl sites for hydroxylation is 1. The van der Waals surface area contributed by atoms with Crippen molar-refractivity contribution in [3.63, 3.8) is 0 Å². The Labute approximate surface area is 81.4 Å². The lowest BCUT2D eigenvalue weighted by Gasteiger charge is -1.96. The number of rotatable bonds is 5. The summed E-state index contributed by atoms with van der Waals surface area (Å²) in [5, 5.41) is 9.24. The Bertz CT molecular complexity index is 303. The Morgan fingerprint density at radius 1 is 1.38 bits per heavy atom. The predicted octanol–water partition coefficient (Wildman–Crippen LogP) is 2.26. The minimum Gasteiger partial charge on any atom is -0.494 e. The first-order chi connectivity index (χ1) is 6.24. The molecule has 0 bridgehead atoms. The molecule has 4 heteroatoms. The first kappa shape index (κ1) is 10.3. The third-order valence-corrected chi connectivity index (χ3v) is 2.89. The van der Waals surface area contributed by atoms with Crippen molar-refractivity contribution in [2.24, 2.45) is 0 Å². The molecule has 0 aliphatic carbocycles. The zero-order chi connectivity index (χ0) is 9.68. The number of hydrogen-bond donors (Lipinski definition) is 2. The van der Waals surface area contributed by atoms with Crippen LogP contribution in [0.15, 0.2) is 4.79 Å². The van der Waals surface area contributed by atoms with Gasteiger partial charge in [-0.15, -0.1) is 0 Å². The molecular weight excluding hydrogens is 186 g/mol. The highest BCUT2D eigenvalue weighted by Crippen LogP contribution is 2.18. The van der Waals surface area contributed by atoms with Crippen LogP contribution in [0.3, 0.4) is 0 Å². The Morgan fingerprint density at radius 2 is 2.15 bits per heavy atom. The summed E-state index contributed by atoms with van der Waals surface area (Å²) in [6.45, 7) is 2.16. The van der Waals surface area contributed by atoms with Gasteiger partial charge in [0.2, 0.25) is 5.88 Å². The van der Waals surface area contributed by atoms with Gasteiger partial charge in [0.05, 0.1) is 4.88 Å². The predicted molar refractivity (Wildman–Crippen MR) is 54.5 cm³/mol. The third-order valence-electron chi connectivity index (χ3n) is 1.96. The van der Waals surface area contributed by atoms with E-state index in [9.17, 15) is 9.90 Å². The summed E-state index contributed by atoms with van der Waals surface area (Å²) >= 11 is 1.11. The highest BCUT2D eigenvalue weighted by molar-refractivity contribution is 7.09. The van der Waals surface area contributed by atoms with Gasteiger partial charge in [-0.3, -0.25) is 9.78 Å². The molecule has 0 spiro atoms. The maximum Gasteiger partial charge on any atom is 0.307 e. The minimum atomic E-state index is -0.164. The molecule has 2 N–H and O–H groups in total. The maximum absolute atomic E-state index is 10.8. The number of nitrogens with one attached hydrogen (secondary N) is 1. The normalized spacial score (nSPS) is 10.5. The van der Waals surface area contributed by atoms with E-state index in [0.717, 1.165) is 29.1 Å². The molecule has 0 saturated carbocycles. The number of aromatic nitrogens is 1. The minimum absolute atomic E-state index is 0.0616. The molecule has 3 nitrogen and oxygen atoms in total. The molecule has 0 atom stereocenters. The lowest BCUT2D eigenvalue weighted by Crippen LogP contribution is -1.89. The Morgan fingerprint density at radius 3 is 2.69 bits per heavy atom. The van der Waals surface area contributed by atoms with E-state index in [4.69, 9.17) is 0 Å². The van der Waals surface area contributed by atoms with E-state index in [1.807, 2.05) is 0 Å². The van der Waals surface area contributed by atoms with E-state index in [2.05, 4.69) is 11.9 Å². The molecule has 0 unspecified atom stereocenters. The van der Waals surface area contributed by atoms with Crippen LogP contribution in [0.25, 0.3) is 0 Å². The highest BCUT2D eigenvalue weighted by atomic mass is 32.1. The van der Waals surface area contributed by atoms with Crippen molar-refractivity contribution in [2.75, 3.05) is 0 Å². The molecule has 0 radical (unpaired) electrons. The Kier molecular flexibility index (Phi) is 4.02. The van der Waals surface area contributed by atoms with E-state index in [1.54, 1.807) is 0 Å². The Balaban J connectivity index is 2.36. The molecule has 0 aliphatic rings. The van der Waals surface area contributed by atoms with Crippen molar-refractivity contribution in [3.8, 4) is 5.88 Å². The zero-order valence-corrected chi connectivity index (χ0v) is 8.62. The van der Waals surface area contributed by atoms with Gasteiger partial charge in [0.1, 0.15) is 0 Å². The second-order valence-corrected chi connectivity index (χ2v) is 4.16. The summed E-state index contributed by atoms with van der Waals surface area (Å²) in [5.74, 6) is 0.0616. The van der Waals surface area contributed by atoms with Crippen molar-refractivity contribution in [2.45, 2.75) is 39.0 Å². The topological polar surface area (TPSA) is 53.1 Å². The molecule has 13 heavy (non-hydrogen) atoms. The monoisotopic (exact) mass is 201 g/mol. The number of thiazole rings is 1. The van der Waals surface area contributed by atoms with Gasteiger partial charge in [-0.2, -0.15) is 0 Å². The lowest BCUT2D eigenvalue weighted by molar-refractivity contribution is 0.448. The molecule has 0 aliphatic heterocycles. The van der Waals surface area contributed by atoms with Gasteiger partial charge in [0.25, 0.3) is 0 Å². The van der Waals surface area contributed by atoms with Gasteiger partial charge in [0, 0.05) is 0 Å². The van der Waals surface area contributed by atoms with Crippen LogP contribution in [0.2, 0.25) is 0 Å². The lowest BCUT2D eigenvalue weighted by atomic mass is 10.1. The van der Waals surface area contributed by atoms with E-state index >= 15 is 0 Å². The molecule has 0 saturated heterocycles. The van der Waals surface area contributed by atoms with Crippen LogP contribution < -0.4 is 4.87 Å². The van der Waals surface area contributed by atoms with Crippen LogP contribution in [0.1, 0.15) is 37.5 Å². The summed E-state index contributed by atoms with van der Waals surface area (Å²) in [4.78, 5) is 13.8. The van der Waals surface area contributed by atoms with E-state index in [1.165, 1.54) is 19.3 Å². The fourth-order valence-electron chi connectivity index (χ4n) is 1.23. The molecule has 1 aromatic heterocycles. The standard InChI is InChI=1S/C9H15NO2S/c1-2-3-4-5-6-7-8(11)10-9(12)13-7/h11H,2-6H2,1H3,(H,10,12). The summed E-state index contributed by atoms with van der Waals surface area (Å²) in [5.41, 5.74) is 0. The smallest absolute Gasteiger partial charge is 0.307 e. The maximum atomic E-state index is 10.8.